The zero-order valence-electron chi connectivity index (χ0n) is 22.3. The highest BCUT2D eigenvalue weighted by Crippen LogP contribution is 2.47. The number of aryl methyl sites for hydroxylation is 1. The second kappa shape index (κ2) is 9.11. The summed E-state index contributed by atoms with van der Waals surface area (Å²) in [5.74, 6) is 0.0489. The maximum absolute atomic E-state index is 13.6. The van der Waals surface area contributed by atoms with E-state index in [-0.39, 0.29) is 22.6 Å². The summed E-state index contributed by atoms with van der Waals surface area (Å²) < 4.78 is 5.89. The number of aromatic nitrogens is 1. The summed E-state index contributed by atoms with van der Waals surface area (Å²) in [7, 11) is 0. The second-order valence-corrected chi connectivity index (χ2v) is 11.1. The van der Waals surface area contributed by atoms with Crippen molar-refractivity contribution in [3.63, 3.8) is 0 Å². The molecule has 0 unspecified atom stereocenters. The third-order valence-corrected chi connectivity index (χ3v) is 7.03. The van der Waals surface area contributed by atoms with Crippen LogP contribution in [0.15, 0.2) is 72.8 Å². The minimum Gasteiger partial charge on any atom is -0.506 e. The van der Waals surface area contributed by atoms with Gasteiger partial charge in [-0.3, -0.25) is 0 Å². The molecule has 0 atom stereocenters. The van der Waals surface area contributed by atoms with E-state index in [1.165, 1.54) is 0 Å². The van der Waals surface area contributed by atoms with Crippen LogP contribution < -0.4 is 4.74 Å². The Morgan fingerprint density at radius 3 is 2.30 bits per heavy atom. The molecule has 1 aromatic heterocycles. The highest BCUT2D eigenvalue weighted by Gasteiger charge is 2.29. The Morgan fingerprint density at radius 2 is 1.57 bits per heavy atom. The third kappa shape index (κ3) is 4.27. The molecule has 1 heterocycles. The van der Waals surface area contributed by atoms with E-state index in [0.717, 1.165) is 44.1 Å². The van der Waals surface area contributed by atoms with E-state index in [9.17, 15) is 9.90 Å². The molecule has 0 fully saturated rings. The number of phenolic OH excluding ortho intramolecular Hbond substituents is 1. The van der Waals surface area contributed by atoms with Crippen molar-refractivity contribution in [1.29, 1.82) is 0 Å². The number of rotatable bonds is 4. The molecule has 0 aliphatic rings. The molecule has 5 rings (SSSR count). The molecule has 2 N–H and O–H groups in total. The Balaban J connectivity index is 1.79. The lowest BCUT2D eigenvalue weighted by Gasteiger charge is -2.22. The van der Waals surface area contributed by atoms with Crippen LogP contribution in [0.1, 0.15) is 67.7 Å². The minimum absolute atomic E-state index is 0.0707. The first kappa shape index (κ1) is 24.6. The zero-order valence-corrected chi connectivity index (χ0v) is 22.3. The van der Waals surface area contributed by atoms with Crippen LogP contribution in [0.3, 0.4) is 0 Å². The number of para-hydroxylation sites is 2. The SMILES string of the molecule is Cc1cccc2c(-c3c(O)c(C(=O)Oc4ccccc4C(C)C)cc4ccccc34)c(C(C)(C)C)[nH]c12. The van der Waals surface area contributed by atoms with Gasteiger partial charge < -0.3 is 14.8 Å². The summed E-state index contributed by atoms with van der Waals surface area (Å²) in [5, 5.41) is 14.5. The monoisotopic (exact) mass is 491 g/mol. The quantitative estimate of drug-likeness (QED) is 0.195. The van der Waals surface area contributed by atoms with Gasteiger partial charge in [-0.2, -0.15) is 0 Å². The van der Waals surface area contributed by atoms with E-state index in [1.54, 1.807) is 12.1 Å². The molecule has 0 aliphatic carbocycles. The van der Waals surface area contributed by atoms with Gasteiger partial charge in [0.25, 0.3) is 0 Å². The predicted molar refractivity (Wildman–Crippen MR) is 152 cm³/mol. The number of carbonyl (C=O) groups excluding carboxylic acids is 1. The van der Waals surface area contributed by atoms with E-state index in [1.807, 2.05) is 48.5 Å². The second-order valence-electron chi connectivity index (χ2n) is 11.1. The number of aromatic amines is 1. The Kier molecular flexibility index (Phi) is 6.07. The Morgan fingerprint density at radius 1 is 0.892 bits per heavy atom. The average molecular weight is 492 g/mol. The zero-order chi connectivity index (χ0) is 26.5. The number of benzene rings is 4. The lowest BCUT2D eigenvalue weighted by Crippen LogP contribution is -2.14. The van der Waals surface area contributed by atoms with E-state index in [0.29, 0.717) is 11.3 Å². The fraction of sp³-hybridized carbons (Fsp3) is 0.242. The van der Waals surface area contributed by atoms with Crippen molar-refractivity contribution in [2.75, 3.05) is 0 Å². The van der Waals surface area contributed by atoms with Crippen LogP contribution in [-0.2, 0) is 5.41 Å². The molecule has 4 nitrogen and oxygen atoms in total. The van der Waals surface area contributed by atoms with Gasteiger partial charge in [0, 0.05) is 33.1 Å². The fourth-order valence-corrected chi connectivity index (χ4v) is 5.14. The van der Waals surface area contributed by atoms with Crippen molar-refractivity contribution in [2.24, 2.45) is 0 Å². The average Bonchev–Trinajstić information content (AvgIpc) is 3.25. The van der Waals surface area contributed by atoms with Crippen molar-refractivity contribution in [3.8, 4) is 22.6 Å². The minimum atomic E-state index is -0.578. The molecule has 37 heavy (non-hydrogen) atoms. The van der Waals surface area contributed by atoms with Crippen LogP contribution in [0.25, 0.3) is 32.8 Å². The van der Waals surface area contributed by atoms with Crippen LogP contribution >= 0.6 is 0 Å². The number of esters is 1. The first-order chi connectivity index (χ1) is 17.6. The summed E-state index contributed by atoms with van der Waals surface area (Å²) in [6, 6.07) is 23.3. The highest BCUT2D eigenvalue weighted by atomic mass is 16.5. The van der Waals surface area contributed by atoms with Crippen LogP contribution in [0, 0.1) is 6.92 Å². The van der Waals surface area contributed by atoms with Gasteiger partial charge >= 0.3 is 5.97 Å². The van der Waals surface area contributed by atoms with Gasteiger partial charge in [0.05, 0.1) is 0 Å². The summed E-state index contributed by atoms with van der Waals surface area (Å²) in [5.41, 5.74) is 5.58. The highest BCUT2D eigenvalue weighted by molar-refractivity contribution is 6.13. The molecule has 4 heteroatoms. The molecule has 0 amide bonds. The van der Waals surface area contributed by atoms with Crippen molar-refractivity contribution >= 4 is 27.6 Å². The van der Waals surface area contributed by atoms with Crippen molar-refractivity contribution in [2.45, 2.75) is 52.9 Å². The third-order valence-electron chi connectivity index (χ3n) is 7.03. The summed E-state index contributed by atoms with van der Waals surface area (Å²) in [6.45, 7) is 12.6. The first-order valence-corrected chi connectivity index (χ1v) is 12.8. The number of nitrogens with one attached hydrogen (secondary N) is 1. The van der Waals surface area contributed by atoms with E-state index in [4.69, 9.17) is 4.74 Å². The van der Waals surface area contributed by atoms with Gasteiger partial charge in [-0.1, -0.05) is 95.3 Å². The molecule has 0 aliphatic heterocycles. The number of carbonyl (C=O) groups is 1. The number of phenols is 1. The molecule has 0 radical (unpaired) electrons. The number of ether oxygens (including phenoxy) is 1. The van der Waals surface area contributed by atoms with Gasteiger partial charge in [-0.25, -0.2) is 4.79 Å². The van der Waals surface area contributed by atoms with Gasteiger partial charge in [-0.15, -0.1) is 0 Å². The van der Waals surface area contributed by atoms with Gasteiger partial charge in [0.15, 0.2) is 0 Å². The smallest absolute Gasteiger partial charge is 0.347 e. The fourth-order valence-electron chi connectivity index (χ4n) is 5.14. The number of hydrogen-bond acceptors (Lipinski definition) is 3. The largest absolute Gasteiger partial charge is 0.506 e. The maximum atomic E-state index is 13.6. The van der Waals surface area contributed by atoms with E-state index >= 15 is 0 Å². The van der Waals surface area contributed by atoms with E-state index < -0.39 is 5.97 Å². The molecule has 4 aromatic carbocycles. The Hall–Kier alpha value is -4.05. The van der Waals surface area contributed by atoms with Crippen molar-refractivity contribution < 1.29 is 14.6 Å². The summed E-state index contributed by atoms with van der Waals surface area (Å²) in [6.07, 6.45) is 0. The standard InChI is InChI=1S/C33H33NO3/c1-19(2)22-14-9-10-17-26(22)37-32(36)25-18-21-13-7-8-15-23(21)27(30(25)35)28-24-16-11-12-20(3)29(24)34-31(28)33(4,5)6/h7-19,34-35H,1-6H3. The molecule has 0 saturated heterocycles. The molecule has 188 valence electrons. The maximum Gasteiger partial charge on any atom is 0.347 e. The molecule has 0 spiro atoms. The first-order valence-electron chi connectivity index (χ1n) is 12.8. The van der Waals surface area contributed by atoms with E-state index in [2.05, 4.69) is 58.7 Å². The molecule has 5 aromatic rings. The Labute approximate surface area is 217 Å². The van der Waals surface area contributed by atoms with Crippen LogP contribution in [0.4, 0.5) is 0 Å². The van der Waals surface area contributed by atoms with Gasteiger partial charge in [-0.05, 0) is 46.9 Å². The lowest BCUT2D eigenvalue weighted by molar-refractivity contribution is 0.0730. The predicted octanol–water partition coefficient (Wildman–Crippen LogP) is 8.64. The van der Waals surface area contributed by atoms with Gasteiger partial charge in [0.1, 0.15) is 17.1 Å². The lowest BCUT2D eigenvalue weighted by atomic mass is 9.84. The number of hydrogen-bond donors (Lipinski definition) is 2. The van der Waals surface area contributed by atoms with Crippen molar-refractivity contribution in [1.82, 2.24) is 4.98 Å². The van der Waals surface area contributed by atoms with Crippen LogP contribution in [0.2, 0.25) is 0 Å². The number of fused-ring (bicyclic) bond motifs is 2. The number of aromatic hydroxyl groups is 1. The van der Waals surface area contributed by atoms with Crippen molar-refractivity contribution in [3.05, 3.63) is 95.2 Å². The van der Waals surface area contributed by atoms with Crippen LogP contribution in [0.5, 0.6) is 11.5 Å². The Bertz CT molecular complexity index is 1650. The number of H-pyrrole nitrogens is 1. The van der Waals surface area contributed by atoms with Gasteiger partial charge in [0.2, 0.25) is 0 Å². The molecular weight excluding hydrogens is 458 g/mol. The normalized spacial score (nSPS) is 12.0. The topological polar surface area (TPSA) is 62.3 Å². The van der Waals surface area contributed by atoms with Crippen LogP contribution in [-0.4, -0.2) is 16.1 Å². The molecule has 0 saturated carbocycles. The summed E-state index contributed by atoms with van der Waals surface area (Å²) in [4.78, 5) is 17.2. The summed E-state index contributed by atoms with van der Waals surface area (Å²) >= 11 is 0. The molecular formula is C33H33NO3. The molecule has 0 bridgehead atoms.